The summed E-state index contributed by atoms with van der Waals surface area (Å²) in [7, 11) is 2.09. The first kappa shape index (κ1) is 15.1. The Hall–Kier alpha value is -0.970. The first-order valence-corrected chi connectivity index (χ1v) is 6.68. The lowest BCUT2D eigenvalue weighted by molar-refractivity contribution is 0.120. The van der Waals surface area contributed by atoms with Gasteiger partial charge in [0.05, 0.1) is 18.0 Å². The van der Waals surface area contributed by atoms with Crippen LogP contribution in [0.25, 0.3) is 0 Å². The maximum atomic E-state index is 5.35. The molecule has 1 rings (SSSR count). The van der Waals surface area contributed by atoms with Gasteiger partial charge in [-0.15, -0.1) is 0 Å². The van der Waals surface area contributed by atoms with Crippen molar-refractivity contribution in [2.75, 3.05) is 33.4 Å². The third kappa shape index (κ3) is 6.10. The number of hydrogen-bond donors (Lipinski definition) is 1. The van der Waals surface area contributed by atoms with Crippen molar-refractivity contribution >= 4 is 0 Å². The van der Waals surface area contributed by atoms with Crippen molar-refractivity contribution in [2.24, 2.45) is 0 Å². The molecule has 0 aromatic carbocycles. The molecule has 1 N–H and O–H groups in total. The number of aromatic nitrogens is 1. The lowest BCUT2D eigenvalue weighted by Gasteiger charge is -2.16. The second-order valence-corrected chi connectivity index (χ2v) is 4.34. The quantitative estimate of drug-likeness (QED) is 0.677. The molecule has 0 unspecified atom stereocenters. The summed E-state index contributed by atoms with van der Waals surface area (Å²) in [5.74, 6) is 0. The summed E-state index contributed by atoms with van der Waals surface area (Å²) in [5.41, 5.74) is 2.22. The Morgan fingerprint density at radius 1 is 1.28 bits per heavy atom. The van der Waals surface area contributed by atoms with E-state index in [-0.39, 0.29) is 0 Å². The summed E-state index contributed by atoms with van der Waals surface area (Å²) >= 11 is 0. The number of ether oxygens (including phenoxy) is 1. The van der Waals surface area contributed by atoms with Gasteiger partial charge in [-0.2, -0.15) is 0 Å². The van der Waals surface area contributed by atoms with Crippen LogP contribution in [0.3, 0.4) is 0 Å². The maximum absolute atomic E-state index is 5.35. The Bertz CT molecular complexity index is 331. The van der Waals surface area contributed by atoms with E-state index in [0.717, 1.165) is 50.8 Å². The lowest BCUT2D eigenvalue weighted by atomic mass is 10.3. The van der Waals surface area contributed by atoms with Crippen molar-refractivity contribution in [3.05, 3.63) is 29.6 Å². The van der Waals surface area contributed by atoms with Gasteiger partial charge in [-0.05, 0) is 32.6 Å². The van der Waals surface area contributed by atoms with Crippen LogP contribution < -0.4 is 5.32 Å². The predicted octanol–water partition coefficient (Wildman–Crippen LogP) is 1.66. The van der Waals surface area contributed by atoms with Crippen LogP contribution in [-0.2, 0) is 17.8 Å². The van der Waals surface area contributed by atoms with Crippen molar-refractivity contribution in [3.8, 4) is 0 Å². The fourth-order valence-corrected chi connectivity index (χ4v) is 1.69. The zero-order valence-corrected chi connectivity index (χ0v) is 11.8. The highest BCUT2D eigenvalue weighted by Gasteiger charge is 2.02. The molecule has 0 aliphatic heterocycles. The van der Waals surface area contributed by atoms with E-state index in [1.807, 2.05) is 6.92 Å². The molecule has 0 fully saturated rings. The van der Waals surface area contributed by atoms with Gasteiger partial charge < -0.3 is 10.1 Å². The van der Waals surface area contributed by atoms with E-state index < -0.39 is 0 Å². The first-order valence-electron chi connectivity index (χ1n) is 6.68. The predicted molar refractivity (Wildman–Crippen MR) is 74.4 cm³/mol. The normalized spacial score (nSPS) is 11.1. The fraction of sp³-hybridized carbons (Fsp3) is 0.643. The van der Waals surface area contributed by atoms with Gasteiger partial charge in [0.1, 0.15) is 0 Å². The van der Waals surface area contributed by atoms with Crippen LogP contribution in [0.5, 0.6) is 0 Å². The molecule has 4 heteroatoms. The minimum atomic E-state index is 0.782. The van der Waals surface area contributed by atoms with Gasteiger partial charge in [0.25, 0.3) is 0 Å². The van der Waals surface area contributed by atoms with E-state index in [4.69, 9.17) is 4.74 Å². The highest BCUT2D eigenvalue weighted by Crippen LogP contribution is 2.02. The molecule has 102 valence electrons. The summed E-state index contributed by atoms with van der Waals surface area (Å²) in [5, 5.41) is 3.29. The summed E-state index contributed by atoms with van der Waals surface area (Å²) in [4.78, 5) is 6.86. The summed E-state index contributed by atoms with van der Waals surface area (Å²) in [6.45, 7) is 9.30. The molecule has 0 spiro atoms. The van der Waals surface area contributed by atoms with E-state index in [0.29, 0.717) is 0 Å². The molecule has 18 heavy (non-hydrogen) atoms. The number of hydrogen-bond acceptors (Lipinski definition) is 4. The molecule has 0 saturated carbocycles. The SMILES string of the molecule is CCNCc1cccc(CN(C)CCOCC)n1. The van der Waals surface area contributed by atoms with Gasteiger partial charge in [0, 0.05) is 26.2 Å². The number of rotatable bonds is 9. The zero-order valence-electron chi connectivity index (χ0n) is 11.8. The van der Waals surface area contributed by atoms with Crippen LogP contribution in [0, 0.1) is 0 Å². The number of pyridine rings is 1. The van der Waals surface area contributed by atoms with Gasteiger partial charge in [-0.3, -0.25) is 9.88 Å². The average Bonchev–Trinajstić information content (AvgIpc) is 2.37. The number of likely N-dealkylation sites (N-methyl/N-ethyl adjacent to an activating group) is 1. The Kier molecular flexibility index (Phi) is 7.57. The summed E-state index contributed by atoms with van der Waals surface area (Å²) in [6, 6.07) is 6.21. The van der Waals surface area contributed by atoms with Crippen LogP contribution in [0.4, 0.5) is 0 Å². The van der Waals surface area contributed by atoms with Crippen LogP contribution in [-0.4, -0.2) is 43.2 Å². The van der Waals surface area contributed by atoms with Crippen molar-refractivity contribution in [1.82, 2.24) is 15.2 Å². The molecule has 4 nitrogen and oxygen atoms in total. The smallest absolute Gasteiger partial charge is 0.0593 e. The van der Waals surface area contributed by atoms with E-state index >= 15 is 0 Å². The van der Waals surface area contributed by atoms with Crippen molar-refractivity contribution in [2.45, 2.75) is 26.9 Å². The molecule has 0 aliphatic carbocycles. The van der Waals surface area contributed by atoms with Gasteiger partial charge in [0.15, 0.2) is 0 Å². The van der Waals surface area contributed by atoms with E-state index in [1.165, 1.54) is 0 Å². The number of nitrogens with zero attached hydrogens (tertiary/aromatic N) is 2. The maximum Gasteiger partial charge on any atom is 0.0593 e. The number of nitrogens with one attached hydrogen (secondary N) is 1. The van der Waals surface area contributed by atoms with Crippen LogP contribution in [0.2, 0.25) is 0 Å². The van der Waals surface area contributed by atoms with Gasteiger partial charge in [0.2, 0.25) is 0 Å². The molecule has 1 aromatic rings. The third-order valence-corrected chi connectivity index (χ3v) is 2.67. The van der Waals surface area contributed by atoms with Crippen LogP contribution >= 0.6 is 0 Å². The molecular formula is C14H25N3O. The first-order chi connectivity index (χ1) is 8.76. The summed E-state index contributed by atoms with van der Waals surface area (Å²) < 4.78 is 5.35. The monoisotopic (exact) mass is 251 g/mol. The van der Waals surface area contributed by atoms with E-state index in [2.05, 4.69) is 47.4 Å². The Balaban J connectivity index is 2.40. The molecular weight excluding hydrogens is 226 g/mol. The molecule has 0 atom stereocenters. The average molecular weight is 251 g/mol. The molecule has 0 aliphatic rings. The second kappa shape index (κ2) is 9.03. The fourth-order valence-electron chi connectivity index (χ4n) is 1.69. The lowest BCUT2D eigenvalue weighted by Crippen LogP contribution is -2.23. The minimum absolute atomic E-state index is 0.782. The summed E-state index contributed by atoms with van der Waals surface area (Å²) in [6.07, 6.45) is 0. The standard InChI is InChI=1S/C14H25N3O/c1-4-15-11-13-7-6-8-14(16-13)12-17(3)9-10-18-5-2/h6-8,15H,4-5,9-12H2,1-3H3. The molecule has 0 bridgehead atoms. The Morgan fingerprint density at radius 2 is 2.06 bits per heavy atom. The van der Waals surface area contributed by atoms with Gasteiger partial charge in [-0.25, -0.2) is 0 Å². The van der Waals surface area contributed by atoms with E-state index in [1.54, 1.807) is 0 Å². The Morgan fingerprint density at radius 3 is 2.78 bits per heavy atom. The highest BCUT2D eigenvalue weighted by atomic mass is 16.5. The zero-order chi connectivity index (χ0) is 13.2. The molecule has 0 amide bonds. The molecule has 1 heterocycles. The van der Waals surface area contributed by atoms with Crippen molar-refractivity contribution < 1.29 is 4.74 Å². The van der Waals surface area contributed by atoms with Crippen molar-refractivity contribution in [3.63, 3.8) is 0 Å². The largest absolute Gasteiger partial charge is 0.380 e. The van der Waals surface area contributed by atoms with Gasteiger partial charge in [-0.1, -0.05) is 13.0 Å². The molecule has 0 saturated heterocycles. The highest BCUT2D eigenvalue weighted by molar-refractivity contribution is 5.11. The Labute approximate surface area is 110 Å². The molecule has 1 aromatic heterocycles. The van der Waals surface area contributed by atoms with Gasteiger partial charge >= 0.3 is 0 Å². The third-order valence-electron chi connectivity index (χ3n) is 2.67. The minimum Gasteiger partial charge on any atom is -0.380 e. The van der Waals surface area contributed by atoms with E-state index in [9.17, 15) is 0 Å². The topological polar surface area (TPSA) is 37.4 Å². The van der Waals surface area contributed by atoms with Crippen molar-refractivity contribution in [1.29, 1.82) is 0 Å². The second-order valence-electron chi connectivity index (χ2n) is 4.34. The molecule has 0 radical (unpaired) electrons. The van der Waals surface area contributed by atoms with Crippen LogP contribution in [0.15, 0.2) is 18.2 Å². The van der Waals surface area contributed by atoms with Crippen LogP contribution in [0.1, 0.15) is 25.2 Å².